The van der Waals surface area contributed by atoms with Gasteiger partial charge >= 0.3 is 5.97 Å². The van der Waals surface area contributed by atoms with Gasteiger partial charge in [0.15, 0.2) is 11.6 Å². The smallest absolute Gasteiger partial charge is 0.329 e. The Labute approximate surface area is 110 Å². The third-order valence-corrected chi connectivity index (χ3v) is 3.06. The predicted octanol–water partition coefficient (Wildman–Crippen LogP) is 1.77. The molecule has 1 N–H and O–H groups in total. The summed E-state index contributed by atoms with van der Waals surface area (Å²) < 4.78 is 18.0. The SMILES string of the molecule is COc1cc(C(=O)N(C)C(C)(C)C(=O)O)ccc1F. The number of rotatable bonds is 4. The summed E-state index contributed by atoms with van der Waals surface area (Å²) in [6.45, 7) is 2.82. The molecule has 0 aliphatic rings. The molecule has 6 heteroatoms. The highest BCUT2D eigenvalue weighted by atomic mass is 19.1. The Hall–Kier alpha value is -2.11. The summed E-state index contributed by atoms with van der Waals surface area (Å²) >= 11 is 0. The number of nitrogens with zero attached hydrogens (tertiary/aromatic N) is 1. The molecule has 0 spiro atoms. The van der Waals surface area contributed by atoms with Gasteiger partial charge in [-0.15, -0.1) is 0 Å². The highest BCUT2D eigenvalue weighted by Gasteiger charge is 2.35. The molecule has 1 aromatic rings. The number of aliphatic carboxylic acids is 1. The molecule has 5 nitrogen and oxygen atoms in total. The van der Waals surface area contributed by atoms with Crippen LogP contribution in [0.4, 0.5) is 4.39 Å². The van der Waals surface area contributed by atoms with E-state index in [2.05, 4.69) is 0 Å². The number of hydrogen-bond donors (Lipinski definition) is 1. The molecule has 0 radical (unpaired) electrons. The third kappa shape index (κ3) is 2.83. The van der Waals surface area contributed by atoms with E-state index in [1.165, 1.54) is 40.1 Å². The third-order valence-electron chi connectivity index (χ3n) is 3.06. The molecule has 0 aromatic heterocycles. The highest BCUT2D eigenvalue weighted by Crippen LogP contribution is 2.21. The predicted molar refractivity (Wildman–Crippen MR) is 66.8 cm³/mol. The van der Waals surface area contributed by atoms with Gasteiger partial charge in [-0.25, -0.2) is 9.18 Å². The lowest BCUT2D eigenvalue weighted by Crippen LogP contribution is -2.50. The van der Waals surface area contributed by atoms with Crippen LogP contribution >= 0.6 is 0 Å². The van der Waals surface area contributed by atoms with E-state index in [9.17, 15) is 14.0 Å². The number of hydrogen-bond acceptors (Lipinski definition) is 3. The van der Waals surface area contributed by atoms with Crippen molar-refractivity contribution in [2.75, 3.05) is 14.2 Å². The number of carboxylic acids is 1. The second-order valence-electron chi connectivity index (χ2n) is 4.58. The Bertz CT molecular complexity index is 513. The summed E-state index contributed by atoms with van der Waals surface area (Å²) in [7, 11) is 2.67. The number of benzene rings is 1. The number of likely N-dealkylation sites (N-methyl/N-ethyl adjacent to an activating group) is 1. The van der Waals surface area contributed by atoms with Crippen LogP contribution in [0.5, 0.6) is 5.75 Å². The first-order valence-electron chi connectivity index (χ1n) is 5.57. The average Bonchev–Trinajstić information content (AvgIpc) is 2.37. The van der Waals surface area contributed by atoms with Crippen LogP contribution in [0.15, 0.2) is 18.2 Å². The maximum absolute atomic E-state index is 13.3. The number of carbonyl (C=O) groups is 2. The van der Waals surface area contributed by atoms with Crippen LogP contribution < -0.4 is 4.74 Å². The van der Waals surface area contributed by atoms with Crippen molar-refractivity contribution in [2.45, 2.75) is 19.4 Å². The maximum Gasteiger partial charge on any atom is 0.329 e. The highest BCUT2D eigenvalue weighted by molar-refractivity contribution is 5.97. The molecule has 1 aromatic carbocycles. The van der Waals surface area contributed by atoms with E-state index in [1.54, 1.807) is 0 Å². The first-order chi connectivity index (χ1) is 8.71. The van der Waals surface area contributed by atoms with E-state index in [1.807, 2.05) is 0 Å². The normalized spacial score (nSPS) is 11.0. The van der Waals surface area contributed by atoms with Crippen LogP contribution in [0.3, 0.4) is 0 Å². The van der Waals surface area contributed by atoms with Gasteiger partial charge in [0.25, 0.3) is 5.91 Å². The van der Waals surface area contributed by atoms with Gasteiger partial charge in [-0.1, -0.05) is 0 Å². The molecular weight excluding hydrogens is 253 g/mol. The van der Waals surface area contributed by atoms with Crippen LogP contribution in [-0.4, -0.2) is 41.6 Å². The van der Waals surface area contributed by atoms with E-state index < -0.39 is 23.2 Å². The Kier molecular flexibility index (Phi) is 4.14. The summed E-state index contributed by atoms with van der Waals surface area (Å²) in [6.07, 6.45) is 0. The molecule has 0 unspecified atom stereocenters. The number of halogens is 1. The first-order valence-corrected chi connectivity index (χ1v) is 5.57. The lowest BCUT2D eigenvalue weighted by molar-refractivity contribution is -0.147. The first kappa shape index (κ1) is 14.9. The number of carbonyl (C=O) groups excluding carboxylic acids is 1. The standard InChI is InChI=1S/C13H16FNO4/c1-13(2,12(17)18)15(3)11(16)8-5-6-9(14)10(7-8)19-4/h5-7H,1-4H3,(H,17,18). The van der Waals surface area contributed by atoms with E-state index >= 15 is 0 Å². The molecule has 0 saturated heterocycles. The van der Waals surface area contributed by atoms with Crippen LogP contribution in [0.2, 0.25) is 0 Å². The molecule has 0 saturated carbocycles. The van der Waals surface area contributed by atoms with Crippen LogP contribution in [0.1, 0.15) is 24.2 Å². The molecular formula is C13H16FNO4. The zero-order valence-electron chi connectivity index (χ0n) is 11.2. The summed E-state index contributed by atoms with van der Waals surface area (Å²) in [5.74, 6) is -2.30. The van der Waals surface area contributed by atoms with Crippen molar-refractivity contribution in [3.05, 3.63) is 29.6 Å². The quantitative estimate of drug-likeness (QED) is 0.904. The Morgan fingerprint density at radius 2 is 1.95 bits per heavy atom. The number of amides is 1. The van der Waals surface area contributed by atoms with Crippen LogP contribution in [0.25, 0.3) is 0 Å². The number of carboxylic acid groups (broad SMARTS) is 1. The van der Waals surface area contributed by atoms with Gasteiger partial charge < -0.3 is 14.7 Å². The molecule has 1 rings (SSSR count). The fourth-order valence-corrected chi connectivity index (χ4v) is 1.38. The largest absolute Gasteiger partial charge is 0.494 e. The minimum atomic E-state index is -1.36. The molecule has 0 heterocycles. The van der Waals surface area contributed by atoms with E-state index in [0.29, 0.717) is 0 Å². The summed E-state index contributed by atoms with van der Waals surface area (Å²) in [5, 5.41) is 9.07. The molecule has 0 atom stereocenters. The van der Waals surface area contributed by atoms with E-state index in [0.717, 1.165) is 11.0 Å². The molecule has 0 bridgehead atoms. The van der Waals surface area contributed by atoms with Gasteiger partial charge in [-0.05, 0) is 32.0 Å². The zero-order chi connectivity index (χ0) is 14.8. The van der Waals surface area contributed by atoms with E-state index in [-0.39, 0.29) is 11.3 Å². The van der Waals surface area contributed by atoms with Crippen molar-refractivity contribution in [3.8, 4) is 5.75 Å². The Balaban J connectivity index is 3.10. The van der Waals surface area contributed by atoms with Crippen molar-refractivity contribution < 1.29 is 23.8 Å². The van der Waals surface area contributed by atoms with Gasteiger partial charge in [-0.2, -0.15) is 0 Å². The number of ether oxygens (including phenoxy) is 1. The van der Waals surface area contributed by atoms with Crippen molar-refractivity contribution in [2.24, 2.45) is 0 Å². The van der Waals surface area contributed by atoms with Gasteiger partial charge in [0.2, 0.25) is 0 Å². The average molecular weight is 269 g/mol. The number of methoxy groups -OCH3 is 1. The molecule has 1 amide bonds. The zero-order valence-corrected chi connectivity index (χ0v) is 11.2. The Morgan fingerprint density at radius 3 is 2.42 bits per heavy atom. The van der Waals surface area contributed by atoms with Crippen molar-refractivity contribution in [1.82, 2.24) is 4.90 Å². The monoisotopic (exact) mass is 269 g/mol. The second-order valence-corrected chi connectivity index (χ2v) is 4.58. The van der Waals surface area contributed by atoms with Gasteiger partial charge in [0.05, 0.1) is 7.11 Å². The summed E-state index contributed by atoms with van der Waals surface area (Å²) in [6, 6.07) is 3.63. The lowest BCUT2D eigenvalue weighted by Gasteiger charge is -2.31. The maximum atomic E-state index is 13.3. The lowest BCUT2D eigenvalue weighted by atomic mass is 10.0. The Morgan fingerprint density at radius 1 is 1.37 bits per heavy atom. The van der Waals surface area contributed by atoms with Gasteiger partial charge in [0, 0.05) is 12.6 Å². The summed E-state index contributed by atoms with van der Waals surface area (Å²) in [4.78, 5) is 24.3. The molecule has 104 valence electrons. The van der Waals surface area contributed by atoms with E-state index in [4.69, 9.17) is 9.84 Å². The van der Waals surface area contributed by atoms with Crippen molar-refractivity contribution in [3.63, 3.8) is 0 Å². The van der Waals surface area contributed by atoms with Crippen molar-refractivity contribution in [1.29, 1.82) is 0 Å². The van der Waals surface area contributed by atoms with Crippen LogP contribution in [-0.2, 0) is 4.79 Å². The van der Waals surface area contributed by atoms with Gasteiger partial charge in [0.1, 0.15) is 5.54 Å². The minimum Gasteiger partial charge on any atom is -0.494 e. The topological polar surface area (TPSA) is 66.8 Å². The van der Waals surface area contributed by atoms with Crippen LogP contribution in [0, 0.1) is 5.82 Å². The molecule has 19 heavy (non-hydrogen) atoms. The molecule has 0 aliphatic carbocycles. The molecule has 0 fully saturated rings. The summed E-state index contributed by atoms with van der Waals surface area (Å²) in [5.41, 5.74) is -1.20. The fourth-order valence-electron chi connectivity index (χ4n) is 1.38. The van der Waals surface area contributed by atoms with Gasteiger partial charge in [-0.3, -0.25) is 4.79 Å². The minimum absolute atomic E-state index is 0.0626. The van der Waals surface area contributed by atoms with Crippen molar-refractivity contribution >= 4 is 11.9 Å². The fraction of sp³-hybridized carbons (Fsp3) is 0.385. The molecule has 0 aliphatic heterocycles. The second kappa shape index (κ2) is 5.26.